The van der Waals surface area contributed by atoms with Crippen molar-refractivity contribution < 1.29 is 13.2 Å². The summed E-state index contributed by atoms with van der Waals surface area (Å²) in [5.41, 5.74) is 0. The first-order valence-corrected chi connectivity index (χ1v) is 8.41. The molecule has 0 spiro atoms. The van der Waals surface area contributed by atoms with Crippen molar-refractivity contribution in [1.29, 1.82) is 0 Å². The van der Waals surface area contributed by atoms with Crippen LogP contribution in [0.15, 0.2) is 32.9 Å². The van der Waals surface area contributed by atoms with Crippen LogP contribution >= 0.6 is 11.6 Å². The van der Waals surface area contributed by atoms with Crippen molar-refractivity contribution >= 4 is 32.3 Å². The highest BCUT2D eigenvalue weighted by Gasteiger charge is 2.15. The van der Waals surface area contributed by atoms with Gasteiger partial charge in [-0.05, 0) is 30.7 Å². The van der Waals surface area contributed by atoms with Crippen LogP contribution in [0.25, 0.3) is 0 Å². The summed E-state index contributed by atoms with van der Waals surface area (Å²) >= 11 is 5.71. The lowest BCUT2D eigenvalue weighted by Crippen LogP contribution is -2.16. The van der Waals surface area contributed by atoms with E-state index >= 15 is 0 Å². The fourth-order valence-electron chi connectivity index (χ4n) is 1.39. The molecule has 1 aliphatic heterocycles. The van der Waals surface area contributed by atoms with Crippen molar-refractivity contribution in [1.82, 2.24) is 0 Å². The third kappa shape index (κ3) is 3.51. The van der Waals surface area contributed by atoms with E-state index in [2.05, 4.69) is 3.77 Å². The molecule has 0 radical (unpaired) electrons. The smallest absolute Gasteiger partial charge is 0.287 e. The van der Waals surface area contributed by atoms with Gasteiger partial charge in [0.25, 0.3) is 10.0 Å². The Hall–Kier alpha value is -0.430. The highest BCUT2D eigenvalue weighted by atomic mass is 35.5. The minimum atomic E-state index is -3.58. The number of hydrogen-bond acceptors (Lipinski definition) is 3. The van der Waals surface area contributed by atoms with Crippen LogP contribution in [0.2, 0.25) is 5.02 Å². The molecule has 94 valence electrons. The molecular weight excluding hydrogens is 282 g/mol. The van der Waals surface area contributed by atoms with E-state index < -0.39 is 20.7 Å². The Morgan fingerprint density at radius 2 is 2.00 bits per heavy atom. The maximum atomic E-state index is 12.0. The molecule has 0 amide bonds. The van der Waals surface area contributed by atoms with Crippen LogP contribution in [0, 0.1) is 0 Å². The lowest BCUT2D eigenvalue weighted by atomic mass is 10.4. The topological polar surface area (TPSA) is 55.7 Å². The van der Waals surface area contributed by atoms with Gasteiger partial charge in [-0.1, -0.05) is 22.3 Å². The van der Waals surface area contributed by atoms with Gasteiger partial charge in [0.1, 0.15) is 5.94 Å². The molecule has 0 bridgehead atoms. The third-order valence-electron chi connectivity index (χ3n) is 2.20. The van der Waals surface area contributed by atoms with Gasteiger partial charge < -0.3 is 4.74 Å². The van der Waals surface area contributed by atoms with E-state index in [-0.39, 0.29) is 4.90 Å². The van der Waals surface area contributed by atoms with E-state index in [1.807, 2.05) is 0 Å². The molecule has 1 aromatic carbocycles. The molecule has 17 heavy (non-hydrogen) atoms. The number of sulfonamides is 1. The number of rotatable bonds is 2. The molecular formula is C10H12ClNO3S2. The Bertz CT molecular complexity index is 517. The number of benzene rings is 1. The molecule has 1 unspecified atom stereocenters. The van der Waals surface area contributed by atoms with Gasteiger partial charge in [-0.15, -0.1) is 3.77 Å². The summed E-state index contributed by atoms with van der Waals surface area (Å²) in [6.45, 7) is 0.694. The highest BCUT2D eigenvalue weighted by Crippen LogP contribution is 2.17. The average Bonchev–Trinajstić information content (AvgIpc) is 2.30. The monoisotopic (exact) mass is 293 g/mol. The second-order valence-corrected chi connectivity index (χ2v) is 7.57. The quantitative estimate of drug-likeness (QED) is 0.840. The molecule has 1 heterocycles. The van der Waals surface area contributed by atoms with Crippen molar-refractivity contribution in [3.63, 3.8) is 0 Å². The van der Waals surface area contributed by atoms with Crippen LogP contribution in [0.4, 0.5) is 0 Å². The Morgan fingerprint density at radius 1 is 1.29 bits per heavy atom. The Balaban J connectivity index is 2.27. The summed E-state index contributed by atoms with van der Waals surface area (Å²) in [4.78, 5) is 0.181. The first kappa shape index (κ1) is 13.0. The molecule has 2 rings (SSSR count). The summed E-state index contributed by atoms with van der Waals surface area (Å²) in [5.74, 6) is 1.19. The van der Waals surface area contributed by atoms with Crippen molar-refractivity contribution in [3.05, 3.63) is 29.3 Å². The molecule has 0 aromatic heterocycles. The van der Waals surface area contributed by atoms with Crippen LogP contribution in [-0.4, -0.2) is 26.7 Å². The summed E-state index contributed by atoms with van der Waals surface area (Å²) in [6.07, 6.45) is 0.864. The summed E-state index contributed by atoms with van der Waals surface area (Å²) in [7, 11) is -4.12. The van der Waals surface area contributed by atoms with E-state index in [1.165, 1.54) is 12.1 Å². The number of hydrogen-bond donors (Lipinski definition) is 0. The zero-order valence-electron chi connectivity index (χ0n) is 9.00. The largest absolute Gasteiger partial charge is 0.370 e. The average molecular weight is 294 g/mol. The Morgan fingerprint density at radius 3 is 2.59 bits per heavy atom. The molecule has 1 aliphatic rings. The van der Waals surface area contributed by atoms with E-state index in [4.69, 9.17) is 16.3 Å². The van der Waals surface area contributed by atoms with Gasteiger partial charge >= 0.3 is 0 Å². The van der Waals surface area contributed by atoms with Crippen molar-refractivity contribution in [2.75, 3.05) is 18.3 Å². The molecule has 0 saturated carbocycles. The molecule has 7 heteroatoms. The SMILES string of the molecule is O=S(=O)(/N=S1/CCCOC1)c1ccc(Cl)cc1. The molecule has 1 saturated heterocycles. The fraction of sp³-hybridized carbons (Fsp3) is 0.400. The first-order valence-electron chi connectivity index (χ1n) is 5.07. The lowest BCUT2D eigenvalue weighted by Gasteiger charge is -2.14. The van der Waals surface area contributed by atoms with Crippen LogP contribution in [0.5, 0.6) is 0 Å². The van der Waals surface area contributed by atoms with Crippen LogP contribution < -0.4 is 0 Å². The maximum absolute atomic E-state index is 12.0. The second kappa shape index (κ2) is 5.48. The van der Waals surface area contributed by atoms with Gasteiger partial charge in [0.2, 0.25) is 0 Å². The minimum absolute atomic E-state index is 0.181. The van der Waals surface area contributed by atoms with E-state index in [9.17, 15) is 8.42 Å². The number of nitrogens with zero attached hydrogens (tertiary/aromatic N) is 1. The van der Waals surface area contributed by atoms with Gasteiger partial charge in [0.15, 0.2) is 0 Å². The summed E-state index contributed by atoms with van der Waals surface area (Å²) < 4.78 is 33.0. The molecule has 4 nitrogen and oxygen atoms in total. The van der Waals surface area contributed by atoms with E-state index in [1.54, 1.807) is 12.1 Å². The van der Waals surface area contributed by atoms with Gasteiger partial charge in [0, 0.05) is 17.4 Å². The standard InChI is InChI=1S/C10H12ClNO3S2/c11-9-2-4-10(5-3-9)17(13,14)12-16-7-1-6-15-8-16/h2-5H,1,6-8H2. The highest BCUT2D eigenvalue weighted by molar-refractivity contribution is 8.00. The van der Waals surface area contributed by atoms with Gasteiger partial charge in [-0.25, -0.2) is 0 Å². The van der Waals surface area contributed by atoms with Crippen molar-refractivity contribution in [2.45, 2.75) is 11.3 Å². The predicted molar refractivity (Wildman–Crippen MR) is 68.7 cm³/mol. The van der Waals surface area contributed by atoms with Gasteiger partial charge in [-0.2, -0.15) is 8.42 Å². The minimum Gasteiger partial charge on any atom is -0.370 e. The van der Waals surface area contributed by atoms with Crippen LogP contribution in [0.1, 0.15) is 6.42 Å². The second-order valence-electron chi connectivity index (χ2n) is 3.55. The van der Waals surface area contributed by atoms with Gasteiger partial charge in [0.05, 0.1) is 4.90 Å². The van der Waals surface area contributed by atoms with Crippen molar-refractivity contribution in [2.24, 2.45) is 3.77 Å². The zero-order valence-corrected chi connectivity index (χ0v) is 11.4. The molecule has 0 aliphatic carbocycles. The fourth-order valence-corrected chi connectivity index (χ4v) is 4.80. The molecule has 1 fully saturated rings. The molecule has 1 atom stereocenters. The van der Waals surface area contributed by atoms with E-state index in [0.717, 1.165) is 12.2 Å². The van der Waals surface area contributed by atoms with Crippen LogP contribution in [0.3, 0.4) is 0 Å². The number of ether oxygens (including phenoxy) is 1. The first-order chi connectivity index (χ1) is 8.08. The van der Waals surface area contributed by atoms with Gasteiger partial charge in [-0.3, -0.25) is 0 Å². The summed E-state index contributed by atoms with van der Waals surface area (Å²) in [5, 5.41) is 0.507. The molecule has 0 N–H and O–H groups in total. The third-order valence-corrected chi connectivity index (χ3v) is 6.15. The maximum Gasteiger partial charge on any atom is 0.287 e. The lowest BCUT2D eigenvalue weighted by molar-refractivity contribution is 0.175. The predicted octanol–water partition coefficient (Wildman–Crippen LogP) is 2.21. The Labute approximate surface area is 108 Å². The normalized spacial score (nSPS) is 21.6. The summed E-state index contributed by atoms with van der Waals surface area (Å²) in [6, 6.07) is 6.03. The number of halogens is 1. The molecule has 1 aromatic rings. The Kier molecular flexibility index (Phi) is 4.19. The van der Waals surface area contributed by atoms with E-state index in [0.29, 0.717) is 17.6 Å². The zero-order chi connectivity index (χ0) is 12.3. The van der Waals surface area contributed by atoms with Crippen LogP contribution in [-0.2, 0) is 25.5 Å². The van der Waals surface area contributed by atoms with Crippen molar-refractivity contribution in [3.8, 4) is 0 Å².